The van der Waals surface area contributed by atoms with Crippen LogP contribution in [0.4, 0.5) is 0 Å². The molecule has 1 atom stereocenters. The summed E-state index contributed by atoms with van der Waals surface area (Å²) in [6.45, 7) is 1.81. The number of benzene rings is 2. The third-order valence-electron chi connectivity index (χ3n) is 4.53. The van der Waals surface area contributed by atoms with Gasteiger partial charge in [0.1, 0.15) is 17.6 Å². The Balaban J connectivity index is 1.77. The Bertz CT molecular complexity index is 984. The number of nitrogens with one attached hydrogen (secondary N) is 1. The first-order valence-corrected chi connectivity index (χ1v) is 9.19. The van der Waals surface area contributed by atoms with Crippen molar-refractivity contribution in [1.29, 1.82) is 0 Å². The smallest absolute Gasteiger partial charge is 0.258 e. The van der Waals surface area contributed by atoms with E-state index in [1.165, 1.54) is 0 Å². The number of methoxy groups -OCH3 is 2. The molecule has 0 aliphatic carbocycles. The highest BCUT2D eigenvalue weighted by molar-refractivity contribution is 5.78. The van der Waals surface area contributed by atoms with Crippen LogP contribution in [0.5, 0.6) is 17.2 Å². The standard InChI is InChI=1S/C22H25N3O4/c1-15-8-9-18(19(12-15)28-4)29-14-20(26)24-21(22-23-10-11-25(22)2)16-6-5-7-17(13-16)27-3/h5-13,21H,14H2,1-4H3,(H,24,26). The summed E-state index contributed by atoms with van der Waals surface area (Å²) in [5.41, 5.74) is 1.91. The van der Waals surface area contributed by atoms with Crippen molar-refractivity contribution in [3.8, 4) is 17.2 Å². The molecule has 0 saturated heterocycles. The first-order chi connectivity index (χ1) is 14.0. The lowest BCUT2D eigenvalue weighted by molar-refractivity contribution is -0.123. The largest absolute Gasteiger partial charge is 0.497 e. The first-order valence-electron chi connectivity index (χ1n) is 9.19. The van der Waals surface area contributed by atoms with Gasteiger partial charge >= 0.3 is 0 Å². The maximum atomic E-state index is 12.7. The van der Waals surface area contributed by atoms with Crippen molar-refractivity contribution in [2.75, 3.05) is 20.8 Å². The van der Waals surface area contributed by atoms with Crippen LogP contribution in [0.1, 0.15) is 23.0 Å². The Morgan fingerprint density at radius 1 is 1.14 bits per heavy atom. The molecule has 7 heteroatoms. The number of rotatable bonds is 8. The molecule has 7 nitrogen and oxygen atoms in total. The zero-order chi connectivity index (χ0) is 20.8. The van der Waals surface area contributed by atoms with Crippen LogP contribution < -0.4 is 19.5 Å². The molecule has 1 N–H and O–H groups in total. The van der Waals surface area contributed by atoms with E-state index < -0.39 is 6.04 Å². The summed E-state index contributed by atoms with van der Waals surface area (Å²) in [6.07, 6.45) is 3.53. The number of hydrogen-bond donors (Lipinski definition) is 1. The number of aryl methyl sites for hydroxylation is 2. The molecule has 0 spiro atoms. The minimum absolute atomic E-state index is 0.148. The van der Waals surface area contributed by atoms with Gasteiger partial charge in [-0.3, -0.25) is 4.79 Å². The molecule has 29 heavy (non-hydrogen) atoms. The van der Waals surface area contributed by atoms with E-state index in [4.69, 9.17) is 14.2 Å². The second-order valence-electron chi connectivity index (χ2n) is 6.62. The molecule has 2 aromatic carbocycles. The molecule has 0 radical (unpaired) electrons. The lowest BCUT2D eigenvalue weighted by atomic mass is 10.1. The highest BCUT2D eigenvalue weighted by Gasteiger charge is 2.21. The molecule has 0 bridgehead atoms. The summed E-state index contributed by atoms with van der Waals surface area (Å²) in [6, 6.07) is 12.6. The number of carbonyl (C=O) groups excluding carboxylic acids is 1. The fourth-order valence-electron chi connectivity index (χ4n) is 3.01. The monoisotopic (exact) mass is 395 g/mol. The van der Waals surface area contributed by atoms with Crippen LogP contribution in [0.15, 0.2) is 54.9 Å². The van der Waals surface area contributed by atoms with Crippen molar-refractivity contribution in [2.45, 2.75) is 13.0 Å². The quantitative estimate of drug-likeness (QED) is 0.635. The Labute approximate surface area is 170 Å². The summed E-state index contributed by atoms with van der Waals surface area (Å²) in [4.78, 5) is 17.1. The molecular weight excluding hydrogens is 370 g/mol. The topological polar surface area (TPSA) is 74.6 Å². The molecular formula is C22H25N3O4. The van der Waals surface area contributed by atoms with Gasteiger partial charge in [0.15, 0.2) is 18.1 Å². The van der Waals surface area contributed by atoms with Crippen LogP contribution in [0.25, 0.3) is 0 Å². The van der Waals surface area contributed by atoms with E-state index in [-0.39, 0.29) is 12.5 Å². The second-order valence-corrected chi connectivity index (χ2v) is 6.62. The number of nitrogens with zero attached hydrogens (tertiary/aromatic N) is 2. The number of aromatic nitrogens is 2. The van der Waals surface area contributed by atoms with Crippen molar-refractivity contribution >= 4 is 5.91 Å². The summed E-state index contributed by atoms with van der Waals surface area (Å²) in [5, 5.41) is 3.00. The van der Waals surface area contributed by atoms with Crippen LogP contribution in [0, 0.1) is 6.92 Å². The van der Waals surface area contributed by atoms with Gasteiger partial charge in [-0.05, 0) is 42.3 Å². The first kappa shape index (κ1) is 20.3. The number of ether oxygens (including phenoxy) is 3. The predicted molar refractivity (Wildman–Crippen MR) is 109 cm³/mol. The molecule has 0 saturated carbocycles. The minimum Gasteiger partial charge on any atom is -0.497 e. The van der Waals surface area contributed by atoms with E-state index in [1.807, 2.05) is 61.1 Å². The lowest BCUT2D eigenvalue weighted by Crippen LogP contribution is -2.34. The average molecular weight is 395 g/mol. The second kappa shape index (κ2) is 9.14. The normalized spacial score (nSPS) is 11.6. The van der Waals surface area contributed by atoms with Crippen LogP contribution in [0.3, 0.4) is 0 Å². The van der Waals surface area contributed by atoms with E-state index in [0.717, 1.165) is 11.1 Å². The maximum absolute atomic E-state index is 12.7. The molecule has 0 aliphatic rings. The van der Waals surface area contributed by atoms with Crippen molar-refractivity contribution in [3.05, 3.63) is 71.8 Å². The van der Waals surface area contributed by atoms with Crippen LogP contribution in [-0.2, 0) is 11.8 Å². The van der Waals surface area contributed by atoms with E-state index >= 15 is 0 Å². The Hall–Kier alpha value is -3.48. The zero-order valence-corrected chi connectivity index (χ0v) is 17.0. The maximum Gasteiger partial charge on any atom is 0.258 e. The van der Waals surface area contributed by atoms with Gasteiger partial charge in [0.25, 0.3) is 5.91 Å². The van der Waals surface area contributed by atoms with Gasteiger partial charge in [0.05, 0.1) is 14.2 Å². The minimum atomic E-state index is -0.443. The molecule has 3 aromatic rings. The molecule has 3 rings (SSSR count). The molecule has 1 aromatic heterocycles. The highest BCUT2D eigenvalue weighted by Crippen LogP contribution is 2.28. The summed E-state index contributed by atoms with van der Waals surface area (Å²) < 4.78 is 18.2. The van der Waals surface area contributed by atoms with E-state index in [1.54, 1.807) is 26.5 Å². The lowest BCUT2D eigenvalue weighted by Gasteiger charge is -2.20. The van der Waals surface area contributed by atoms with E-state index in [2.05, 4.69) is 10.3 Å². The third-order valence-corrected chi connectivity index (χ3v) is 4.53. The van der Waals surface area contributed by atoms with Crippen molar-refractivity contribution in [1.82, 2.24) is 14.9 Å². The predicted octanol–water partition coefficient (Wildman–Crippen LogP) is 3.03. The molecule has 1 unspecified atom stereocenters. The van der Waals surface area contributed by atoms with Gasteiger partial charge in [-0.25, -0.2) is 4.98 Å². The number of imidazole rings is 1. The number of hydrogen-bond acceptors (Lipinski definition) is 5. The van der Waals surface area contributed by atoms with Crippen molar-refractivity contribution < 1.29 is 19.0 Å². The van der Waals surface area contributed by atoms with Crippen LogP contribution in [-0.4, -0.2) is 36.3 Å². The van der Waals surface area contributed by atoms with Gasteiger partial charge in [-0.15, -0.1) is 0 Å². The fraction of sp³-hybridized carbons (Fsp3) is 0.273. The Kier molecular flexibility index (Phi) is 6.39. The third kappa shape index (κ3) is 4.87. The summed E-state index contributed by atoms with van der Waals surface area (Å²) in [5.74, 6) is 2.24. The molecule has 0 aliphatic heterocycles. The van der Waals surface area contributed by atoms with E-state index in [0.29, 0.717) is 23.1 Å². The molecule has 152 valence electrons. The summed E-state index contributed by atoms with van der Waals surface area (Å²) >= 11 is 0. The zero-order valence-electron chi connectivity index (χ0n) is 17.0. The van der Waals surface area contributed by atoms with Gasteiger partial charge in [-0.1, -0.05) is 18.2 Å². The Morgan fingerprint density at radius 3 is 2.66 bits per heavy atom. The molecule has 1 amide bonds. The fourth-order valence-corrected chi connectivity index (χ4v) is 3.01. The SMILES string of the molecule is COc1cccc(C(NC(=O)COc2ccc(C)cc2OC)c2nccn2C)c1. The van der Waals surface area contributed by atoms with Gasteiger partial charge in [-0.2, -0.15) is 0 Å². The van der Waals surface area contributed by atoms with Gasteiger partial charge < -0.3 is 24.1 Å². The van der Waals surface area contributed by atoms with Gasteiger partial charge in [0, 0.05) is 19.4 Å². The number of carbonyl (C=O) groups is 1. The van der Waals surface area contributed by atoms with Gasteiger partial charge in [0.2, 0.25) is 0 Å². The van der Waals surface area contributed by atoms with E-state index in [9.17, 15) is 4.79 Å². The van der Waals surface area contributed by atoms with Crippen LogP contribution >= 0.6 is 0 Å². The average Bonchev–Trinajstić information content (AvgIpc) is 3.16. The molecule has 1 heterocycles. The highest BCUT2D eigenvalue weighted by atomic mass is 16.5. The van der Waals surface area contributed by atoms with Crippen LogP contribution in [0.2, 0.25) is 0 Å². The molecule has 0 fully saturated rings. The number of amides is 1. The Morgan fingerprint density at radius 2 is 1.97 bits per heavy atom. The summed E-state index contributed by atoms with van der Waals surface area (Å²) in [7, 11) is 5.06. The van der Waals surface area contributed by atoms with Crippen molar-refractivity contribution in [3.63, 3.8) is 0 Å². The van der Waals surface area contributed by atoms with Crippen molar-refractivity contribution in [2.24, 2.45) is 7.05 Å².